The predicted octanol–water partition coefficient (Wildman–Crippen LogP) is 2.71. The molecule has 1 heterocycles. The highest BCUT2D eigenvalue weighted by Crippen LogP contribution is 2.27. The van der Waals surface area contributed by atoms with Gasteiger partial charge in [-0.2, -0.15) is 23.5 Å². The predicted molar refractivity (Wildman–Crippen MR) is 88.9 cm³/mol. The van der Waals surface area contributed by atoms with Gasteiger partial charge in [-0.3, -0.25) is 0 Å². The van der Waals surface area contributed by atoms with Crippen molar-refractivity contribution in [2.75, 3.05) is 41.5 Å². The molecule has 20 heavy (non-hydrogen) atoms. The van der Waals surface area contributed by atoms with Gasteiger partial charge in [0.2, 0.25) is 0 Å². The Morgan fingerprint density at radius 1 is 1.50 bits per heavy atom. The first-order valence-corrected chi connectivity index (χ1v) is 8.91. The number of nitrogens with two attached hydrogens (primary N) is 1. The molecule has 110 valence electrons. The van der Waals surface area contributed by atoms with Crippen molar-refractivity contribution in [3.8, 4) is 0 Å². The monoisotopic (exact) mass is 312 g/mol. The summed E-state index contributed by atoms with van der Waals surface area (Å²) in [5.41, 5.74) is 7.77. The zero-order valence-corrected chi connectivity index (χ0v) is 13.2. The summed E-state index contributed by atoms with van der Waals surface area (Å²) in [6.07, 6.45) is 0. The molecule has 0 aliphatic carbocycles. The number of rotatable bonds is 5. The summed E-state index contributed by atoms with van der Waals surface area (Å²) in [5, 5.41) is 3.95. The quantitative estimate of drug-likeness (QED) is 0.644. The number of para-hydroxylation sites is 1. The number of carbonyl (C=O) groups is 1. The Bertz CT molecular complexity index is 462. The van der Waals surface area contributed by atoms with E-state index in [9.17, 15) is 4.79 Å². The molecule has 6 heteroatoms. The van der Waals surface area contributed by atoms with Gasteiger partial charge in [-0.1, -0.05) is 6.07 Å². The zero-order valence-electron chi connectivity index (χ0n) is 11.6. The normalized spacial score (nSPS) is 18.6. The van der Waals surface area contributed by atoms with Gasteiger partial charge in [0.15, 0.2) is 0 Å². The van der Waals surface area contributed by atoms with E-state index < -0.39 is 0 Å². The van der Waals surface area contributed by atoms with E-state index in [2.05, 4.69) is 5.32 Å². The maximum absolute atomic E-state index is 11.8. The van der Waals surface area contributed by atoms with Crippen molar-refractivity contribution >= 4 is 40.9 Å². The summed E-state index contributed by atoms with van der Waals surface area (Å²) < 4.78 is 5.00. The van der Waals surface area contributed by atoms with Crippen molar-refractivity contribution in [1.82, 2.24) is 0 Å². The first-order chi connectivity index (χ1) is 9.72. The maximum atomic E-state index is 11.8. The summed E-state index contributed by atoms with van der Waals surface area (Å²) in [5.74, 6) is 3.24. The Labute approximate surface area is 128 Å². The van der Waals surface area contributed by atoms with E-state index in [1.807, 2.05) is 35.7 Å². The van der Waals surface area contributed by atoms with Gasteiger partial charge < -0.3 is 15.8 Å². The van der Waals surface area contributed by atoms with Crippen LogP contribution in [-0.4, -0.2) is 41.6 Å². The number of nitrogens with one attached hydrogen (secondary N) is 1. The third-order valence-electron chi connectivity index (χ3n) is 3.01. The van der Waals surface area contributed by atoms with Crippen LogP contribution < -0.4 is 11.1 Å². The molecule has 2 rings (SSSR count). The van der Waals surface area contributed by atoms with Crippen LogP contribution in [-0.2, 0) is 4.74 Å². The smallest absolute Gasteiger partial charge is 0.340 e. The summed E-state index contributed by atoms with van der Waals surface area (Å²) >= 11 is 3.98. The topological polar surface area (TPSA) is 64.3 Å². The van der Waals surface area contributed by atoms with E-state index in [1.165, 1.54) is 11.5 Å². The molecule has 0 radical (unpaired) electrons. The van der Waals surface area contributed by atoms with Crippen LogP contribution >= 0.6 is 23.5 Å². The molecule has 0 aromatic heterocycles. The fourth-order valence-electron chi connectivity index (χ4n) is 1.98. The fourth-order valence-corrected chi connectivity index (χ4v) is 4.60. The highest BCUT2D eigenvalue weighted by Gasteiger charge is 2.16. The highest BCUT2D eigenvalue weighted by molar-refractivity contribution is 8.06. The SMILES string of the molecule is CCOC(=O)c1cccc(NCC2CSCCS2)c1N. The number of benzene rings is 1. The number of esters is 1. The lowest BCUT2D eigenvalue weighted by molar-refractivity contribution is 0.0527. The van der Waals surface area contributed by atoms with Gasteiger partial charge in [0.25, 0.3) is 0 Å². The molecule has 0 spiro atoms. The number of carbonyl (C=O) groups excluding carboxylic acids is 1. The van der Waals surface area contributed by atoms with E-state index in [0.29, 0.717) is 23.1 Å². The minimum Gasteiger partial charge on any atom is -0.462 e. The van der Waals surface area contributed by atoms with Gasteiger partial charge in [0.05, 0.1) is 23.5 Å². The van der Waals surface area contributed by atoms with Crippen molar-refractivity contribution in [3.05, 3.63) is 23.8 Å². The molecule has 0 saturated carbocycles. The van der Waals surface area contributed by atoms with Crippen molar-refractivity contribution < 1.29 is 9.53 Å². The molecule has 1 aromatic rings. The second kappa shape index (κ2) is 7.69. The van der Waals surface area contributed by atoms with Gasteiger partial charge in [-0.25, -0.2) is 4.79 Å². The minimum atomic E-state index is -0.365. The number of thioether (sulfide) groups is 2. The number of ether oxygens (including phenoxy) is 1. The summed E-state index contributed by atoms with van der Waals surface area (Å²) in [6.45, 7) is 3.01. The lowest BCUT2D eigenvalue weighted by Crippen LogP contribution is -2.23. The molecular weight excluding hydrogens is 292 g/mol. The van der Waals surface area contributed by atoms with Crippen LogP contribution in [0.4, 0.5) is 11.4 Å². The number of nitrogen functional groups attached to an aromatic ring is 1. The Hall–Kier alpha value is -1.01. The molecule has 4 nitrogen and oxygen atoms in total. The summed E-state index contributed by atoms with van der Waals surface area (Å²) in [7, 11) is 0. The lowest BCUT2D eigenvalue weighted by atomic mass is 10.1. The summed E-state index contributed by atoms with van der Waals surface area (Å²) in [4.78, 5) is 11.8. The molecule has 1 aliphatic rings. The van der Waals surface area contributed by atoms with E-state index >= 15 is 0 Å². The molecule has 1 aliphatic heterocycles. The first-order valence-electron chi connectivity index (χ1n) is 6.71. The van der Waals surface area contributed by atoms with Crippen molar-refractivity contribution in [1.29, 1.82) is 0 Å². The van der Waals surface area contributed by atoms with Crippen LogP contribution in [0.5, 0.6) is 0 Å². The van der Waals surface area contributed by atoms with Gasteiger partial charge >= 0.3 is 5.97 Å². The zero-order chi connectivity index (χ0) is 14.4. The van der Waals surface area contributed by atoms with Crippen LogP contribution in [0.25, 0.3) is 0 Å². The molecule has 1 atom stereocenters. The fraction of sp³-hybridized carbons (Fsp3) is 0.500. The Balaban J connectivity index is 2.00. The minimum absolute atomic E-state index is 0.353. The molecule has 1 aromatic carbocycles. The van der Waals surface area contributed by atoms with Crippen molar-refractivity contribution in [2.45, 2.75) is 12.2 Å². The van der Waals surface area contributed by atoms with E-state index in [1.54, 1.807) is 13.0 Å². The molecule has 0 amide bonds. The standard InChI is InChI=1S/C14H20N2O2S2/c1-2-18-14(17)11-4-3-5-12(13(11)15)16-8-10-9-19-6-7-20-10/h3-5,10,16H,2,6-9,15H2,1H3. The van der Waals surface area contributed by atoms with Gasteiger partial charge in [-0.05, 0) is 19.1 Å². The van der Waals surface area contributed by atoms with Gasteiger partial charge in [-0.15, -0.1) is 0 Å². The highest BCUT2D eigenvalue weighted by atomic mass is 32.2. The second-order valence-electron chi connectivity index (χ2n) is 4.44. The largest absolute Gasteiger partial charge is 0.462 e. The van der Waals surface area contributed by atoms with Crippen LogP contribution in [0, 0.1) is 0 Å². The maximum Gasteiger partial charge on any atom is 0.340 e. The number of hydrogen-bond donors (Lipinski definition) is 2. The van der Waals surface area contributed by atoms with E-state index in [-0.39, 0.29) is 5.97 Å². The molecule has 0 bridgehead atoms. The molecule has 1 fully saturated rings. The molecule has 1 unspecified atom stereocenters. The van der Waals surface area contributed by atoms with E-state index in [4.69, 9.17) is 10.5 Å². The van der Waals surface area contributed by atoms with Crippen LogP contribution in [0.3, 0.4) is 0 Å². The van der Waals surface area contributed by atoms with Crippen LogP contribution in [0.1, 0.15) is 17.3 Å². The van der Waals surface area contributed by atoms with Gasteiger partial charge in [0.1, 0.15) is 0 Å². The third-order valence-corrected chi connectivity index (χ3v) is 5.85. The molecule has 3 N–H and O–H groups in total. The average Bonchev–Trinajstić information content (AvgIpc) is 2.47. The number of hydrogen-bond acceptors (Lipinski definition) is 6. The Kier molecular flexibility index (Phi) is 5.91. The Morgan fingerprint density at radius 2 is 2.35 bits per heavy atom. The Morgan fingerprint density at radius 3 is 3.05 bits per heavy atom. The first kappa shape index (κ1) is 15.4. The molecule has 1 saturated heterocycles. The van der Waals surface area contributed by atoms with Crippen LogP contribution in [0.15, 0.2) is 18.2 Å². The van der Waals surface area contributed by atoms with E-state index in [0.717, 1.165) is 18.0 Å². The lowest BCUT2D eigenvalue weighted by Gasteiger charge is -2.22. The summed E-state index contributed by atoms with van der Waals surface area (Å²) in [6, 6.07) is 5.43. The second-order valence-corrected chi connectivity index (χ2v) is 6.99. The molecular formula is C14H20N2O2S2. The van der Waals surface area contributed by atoms with Crippen molar-refractivity contribution in [2.24, 2.45) is 0 Å². The third kappa shape index (κ3) is 3.99. The van der Waals surface area contributed by atoms with Crippen LogP contribution in [0.2, 0.25) is 0 Å². The van der Waals surface area contributed by atoms with Crippen molar-refractivity contribution in [3.63, 3.8) is 0 Å². The van der Waals surface area contributed by atoms with Gasteiger partial charge in [0, 0.05) is 29.1 Å². The average molecular weight is 312 g/mol. The number of anilines is 2.